The van der Waals surface area contributed by atoms with Crippen LogP contribution in [0.15, 0.2) is 30.3 Å². The number of ether oxygens (including phenoxy) is 1. The highest BCUT2D eigenvalue weighted by atomic mass is 19.1. The van der Waals surface area contributed by atoms with E-state index >= 15 is 0 Å². The lowest BCUT2D eigenvalue weighted by Gasteiger charge is -2.18. The van der Waals surface area contributed by atoms with E-state index in [0.717, 1.165) is 24.3 Å². The lowest BCUT2D eigenvalue weighted by molar-refractivity contribution is 0.402. The van der Waals surface area contributed by atoms with Crippen molar-refractivity contribution >= 4 is 11.5 Å². The standard InChI is InChI=1S/C17H18FN5O/c1-10(16-12(18)4-3-5-13(16)24-2)19-14-8-9-15-20-21-17(11-6-7-11)23(15)22-14/h3-5,8-11H,6-7H2,1-2H3,(H,19,22). The molecule has 1 N–H and O–H groups in total. The highest BCUT2D eigenvalue weighted by Crippen LogP contribution is 2.38. The van der Waals surface area contributed by atoms with E-state index in [9.17, 15) is 4.39 Å². The fourth-order valence-corrected chi connectivity index (χ4v) is 2.89. The first-order valence-electron chi connectivity index (χ1n) is 7.98. The SMILES string of the molecule is COc1cccc(F)c1C(C)Nc1ccc2nnc(C3CC3)n2n1. The Morgan fingerprint density at radius 3 is 2.83 bits per heavy atom. The van der Waals surface area contributed by atoms with Gasteiger partial charge in [-0.15, -0.1) is 15.3 Å². The summed E-state index contributed by atoms with van der Waals surface area (Å²) in [4.78, 5) is 0. The molecule has 1 aliphatic carbocycles. The number of nitrogens with one attached hydrogen (secondary N) is 1. The van der Waals surface area contributed by atoms with Crippen molar-refractivity contribution in [2.45, 2.75) is 31.7 Å². The monoisotopic (exact) mass is 327 g/mol. The quantitative estimate of drug-likeness (QED) is 0.779. The summed E-state index contributed by atoms with van der Waals surface area (Å²) in [5, 5.41) is 16.2. The third-order valence-corrected chi connectivity index (χ3v) is 4.26. The topological polar surface area (TPSA) is 64.3 Å². The third kappa shape index (κ3) is 2.55. The van der Waals surface area contributed by atoms with E-state index in [2.05, 4.69) is 20.6 Å². The van der Waals surface area contributed by atoms with E-state index in [1.165, 1.54) is 13.2 Å². The van der Waals surface area contributed by atoms with Gasteiger partial charge in [0.1, 0.15) is 17.4 Å². The molecule has 6 nitrogen and oxygen atoms in total. The highest BCUT2D eigenvalue weighted by molar-refractivity contribution is 5.47. The molecular formula is C17H18FN5O. The molecule has 7 heteroatoms. The van der Waals surface area contributed by atoms with Gasteiger partial charge in [-0.05, 0) is 44.0 Å². The third-order valence-electron chi connectivity index (χ3n) is 4.26. The van der Waals surface area contributed by atoms with Gasteiger partial charge in [0, 0.05) is 5.92 Å². The van der Waals surface area contributed by atoms with Gasteiger partial charge >= 0.3 is 0 Å². The van der Waals surface area contributed by atoms with Crippen molar-refractivity contribution in [2.75, 3.05) is 12.4 Å². The maximum absolute atomic E-state index is 14.2. The Morgan fingerprint density at radius 2 is 2.08 bits per heavy atom. The van der Waals surface area contributed by atoms with Crippen LogP contribution in [0, 0.1) is 5.82 Å². The number of halogens is 1. The van der Waals surface area contributed by atoms with Crippen LogP contribution in [0.25, 0.3) is 5.65 Å². The van der Waals surface area contributed by atoms with E-state index in [4.69, 9.17) is 4.74 Å². The van der Waals surface area contributed by atoms with Gasteiger partial charge in [-0.2, -0.15) is 4.52 Å². The van der Waals surface area contributed by atoms with Crippen LogP contribution in [0.3, 0.4) is 0 Å². The molecule has 1 fully saturated rings. The summed E-state index contributed by atoms with van der Waals surface area (Å²) < 4.78 is 21.3. The van der Waals surface area contributed by atoms with Crippen molar-refractivity contribution in [3.63, 3.8) is 0 Å². The molecule has 124 valence electrons. The van der Waals surface area contributed by atoms with Gasteiger partial charge in [-0.1, -0.05) is 6.07 Å². The molecule has 2 heterocycles. The molecule has 0 radical (unpaired) electrons. The molecule has 0 saturated heterocycles. The molecule has 24 heavy (non-hydrogen) atoms. The molecule has 1 atom stereocenters. The molecule has 4 rings (SSSR count). The molecule has 1 saturated carbocycles. The molecule has 0 spiro atoms. The minimum atomic E-state index is -0.307. The van der Waals surface area contributed by atoms with Crippen LogP contribution in [0.1, 0.15) is 43.1 Å². The van der Waals surface area contributed by atoms with Gasteiger partial charge in [0.2, 0.25) is 0 Å². The highest BCUT2D eigenvalue weighted by Gasteiger charge is 2.29. The maximum atomic E-state index is 14.2. The van der Waals surface area contributed by atoms with Gasteiger partial charge in [0.15, 0.2) is 11.5 Å². The molecular weight excluding hydrogens is 309 g/mol. The average molecular weight is 327 g/mol. The number of methoxy groups -OCH3 is 1. The first-order chi connectivity index (χ1) is 11.7. The summed E-state index contributed by atoms with van der Waals surface area (Å²) in [7, 11) is 1.54. The van der Waals surface area contributed by atoms with Crippen LogP contribution >= 0.6 is 0 Å². The van der Waals surface area contributed by atoms with E-state index in [1.54, 1.807) is 16.6 Å². The van der Waals surface area contributed by atoms with E-state index < -0.39 is 0 Å². The Labute approximate surface area is 138 Å². The Kier molecular flexibility index (Phi) is 3.55. The van der Waals surface area contributed by atoms with E-state index in [1.807, 2.05) is 19.1 Å². The van der Waals surface area contributed by atoms with E-state index in [0.29, 0.717) is 23.0 Å². The van der Waals surface area contributed by atoms with Crippen LogP contribution in [-0.2, 0) is 0 Å². The van der Waals surface area contributed by atoms with Crippen LogP contribution in [0.4, 0.5) is 10.2 Å². The molecule has 0 bridgehead atoms. The molecule has 0 aliphatic heterocycles. The second-order valence-electron chi connectivity index (χ2n) is 6.04. The minimum Gasteiger partial charge on any atom is -0.496 e. The molecule has 2 aromatic heterocycles. The zero-order valence-electron chi connectivity index (χ0n) is 13.5. The van der Waals surface area contributed by atoms with Crippen LogP contribution < -0.4 is 10.1 Å². The van der Waals surface area contributed by atoms with Gasteiger partial charge in [0.25, 0.3) is 0 Å². The Bertz CT molecular complexity index is 890. The molecule has 1 unspecified atom stereocenters. The second kappa shape index (κ2) is 5.74. The van der Waals surface area contributed by atoms with Crippen molar-refractivity contribution in [1.82, 2.24) is 19.8 Å². The number of aromatic nitrogens is 4. The zero-order valence-corrected chi connectivity index (χ0v) is 13.5. The number of hydrogen-bond acceptors (Lipinski definition) is 5. The number of fused-ring (bicyclic) bond motifs is 1. The largest absolute Gasteiger partial charge is 0.496 e. The lowest BCUT2D eigenvalue weighted by Crippen LogP contribution is -2.12. The molecule has 3 aromatic rings. The normalized spacial score (nSPS) is 15.5. The smallest absolute Gasteiger partial charge is 0.178 e. The zero-order chi connectivity index (χ0) is 16.7. The van der Waals surface area contributed by atoms with Crippen LogP contribution in [-0.4, -0.2) is 26.9 Å². The average Bonchev–Trinajstić information content (AvgIpc) is 3.34. The summed E-state index contributed by atoms with van der Waals surface area (Å²) in [5.74, 6) is 2.19. The van der Waals surface area contributed by atoms with Gasteiger partial charge in [-0.3, -0.25) is 0 Å². The number of anilines is 1. The van der Waals surface area contributed by atoms with Gasteiger partial charge in [-0.25, -0.2) is 4.39 Å². The van der Waals surface area contributed by atoms with Crippen LogP contribution in [0.5, 0.6) is 5.75 Å². The maximum Gasteiger partial charge on any atom is 0.178 e. The fraction of sp³-hybridized carbons (Fsp3) is 0.353. The number of hydrogen-bond donors (Lipinski definition) is 1. The molecule has 0 amide bonds. The summed E-state index contributed by atoms with van der Waals surface area (Å²) in [6.45, 7) is 1.88. The van der Waals surface area contributed by atoms with Crippen molar-refractivity contribution in [3.8, 4) is 5.75 Å². The Morgan fingerprint density at radius 1 is 1.25 bits per heavy atom. The number of benzene rings is 1. The van der Waals surface area contributed by atoms with Crippen molar-refractivity contribution in [1.29, 1.82) is 0 Å². The summed E-state index contributed by atoms with van der Waals surface area (Å²) in [6, 6.07) is 8.19. The number of nitrogens with zero attached hydrogens (tertiary/aromatic N) is 4. The Hall–Kier alpha value is -2.70. The molecule has 1 aromatic carbocycles. The summed E-state index contributed by atoms with van der Waals surface area (Å²) in [6.07, 6.45) is 2.26. The first-order valence-corrected chi connectivity index (χ1v) is 7.98. The lowest BCUT2D eigenvalue weighted by atomic mass is 10.1. The van der Waals surface area contributed by atoms with Gasteiger partial charge < -0.3 is 10.1 Å². The number of rotatable bonds is 5. The first kappa shape index (κ1) is 14.9. The predicted molar refractivity (Wildman–Crippen MR) is 87.7 cm³/mol. The van der Waals surface area contributed by atoms with Gasteiger partial charge in [0.05, 0.1) is 18.7 Å². The van der Waals surface area contributed by atoms with Crippen molar-refractivity contribution < 1.29 is 9.13 Å². The minimum absolute atomic E-state index is 0.299. The predicted octanol–water partition coefficient (Wildman–Crippen LogP) is 3.32. The molecule has 1 aliphatic rings. The van der Waals surface area contributed by atoms with Crippen molar-refractivity contribution in [3.05, 3.63) is 47.5 Å². The Balaban J connectivity index is 1.65. The summed E-state index contributed by atoms with van der Waals surface area (Å²) in [5.41, 5.74) is 1.20. The fourth-order valence-electron chi connectivity index (χ4n) is 2.89. The van der Waals surface area contributed by atoms with E-state index in [-0.39, 0.29) is 11.9 Å². The van der Waals surface area contributed by atoms with Crippen LogP contribution in [0.2, 0.25) is 0 Å². The second-order valence-corrected chi connectivity index (χ2v) is 6.04. The summed E-state index contributed by atoms with van der Waals surface area (Å²) >= 11 is 0. The van der Waals surface area contributed by atoms with Crippen molar-refractivity contribution in [2.24, 2.45) is 0 Å².